The zero-order chi connectivity index (χ0) is 15.2. The molecule has 0 saturated carbocycles. The van der Waals surface area contributed by atoms with Gasteiger partial charge in [0.15, 0.2) is 6.04 Å². The van der Waals surface area contributed by atoms with Gasteiger partial charge in [0.1, 0.15) is 0 Å². The van der Waals surface area contributed by atoms with Crippen molar-refractivity contribution in [3.63, 3.8) is 0 Å². The van der Waals surface area contributed by atoms with E-state index < -0.39 is 12.0 Å². The van der Waals surface area contributed by atoms with Crippen molar-refractivity contribution in [1.82, 2.24) is 15.5 Å². The van der Waals surface area contributed by atoms with Crippen LogP contribution in [0.15, 0.2) is 17.5 Å². The molecule has 2 rings (SSSR count). The van der Waals surface area contributed by atoms with Crippen LogP contribution in [0.2, 0.25) is 0 Å². The minimum absolute atomic E-state index is 0.295. The fourth-order valence-corrected chi connectivity index (χ4v) is 3.40. The number of carboxylic acids is 1. The molecule has 1 aliphatic heterocycles. The lowest BCUT2D eigenvalue weighted by atomic mass is 9.98. The quantitative estimate of drug-likeness (QED) is 0.770. The molecule has 1 aliphatic rings. The lowest BCUT2D eigenvalue weighted by Gasteiger charge is -2.33. The predicted octanol–water partition coefficient (Wildman–Crippen LogP) is 1.51. The van der Waals surface area contributed by atoms with E-state index in [4.69, 9.17) is 0 Å². The van der Waals surface area contributed by atoms with E-state index in [-0.39, 0.29) is 6.03 Å². The van der Waals surface area contributed by atoms with E-state index in [0.29, 0.717) is 23.9 Å². The number of hydrogen-bond acceptors (Lipinski definition) is 4. The number of nitrogens with one attached hydrogen (secondary N) is 2. The molecule has 3 N–H and O–H groups in total. The van der Waals surface area contributed by atoms with Crippen molar-refractivity contribution in [2.75, 3.05) is 26.7 Å². The van der Waals surface area contributed by atoms with Crippen molar-refractivity contribution >= 4 is 23.3 Å². The van der Waals surface area contributed by atoms with Crippen LogP contribution in [0.4, 0.5) is 4.79 Å². The lowest BCUT2D eigenvalue weighted by molar-refractivity contribution is -0.139. The molecule has 2 atom stereocenters. The van der Waals surface area contributed by atoms with E-state index in [9.17, 15) is 14.7 Å². The van der Waals surface area contributed by atoms with Gasteiger partial charge in [-0.3, -0.25) is 0 Å². The zero-order valence-electron chi connectivity index (χ0n) is 12.0. The molecule has 21 heavy (non-hydrogen) atoms. The summed E-state index contributed by atoms with van der Waals surface area (Å²) in [5, 5.41) is 16.9. The third-order valence-corrected chi connectivity index (χ3v) is 4.58. The van der Waals surface area contributed by atoms with Gasteiger partial charge in [-0.25, -0.2) is 9.59 Å². The number of aliphatic carboxylic acids is 1. The molecule has 1 aromatic rings. The van der Waals surface area contributed by atoms with E-state index in [1.165, 1.54) is 11.3 Å². The minimum Gasteiger partial charge on any atom is -0.479 e. The summed E-state index contributed by atoms with van der Waals surface area (Å²) in [5.41, 5.74) is 0. The van der Waals surface area contributed by atoms with Crippen LogP contribution in [-0.4, -0.2) is 48.7 Å². The monoisotopic (exact) mass is 311 g/mol. The molecular weight excluding hydrogens is 290 g/mol. The number of likely N-dealkylation sites (tertiary alicyclic amines) is 1. The summed E-state index contributed by atoms with van der Waals surface area (Å²) < 4.78 is 0. The number of nitrogens with zero attached hydrogens (tertiary/aromatic N) is 1. The summed E-state index contributed by atoms with van der Waals surface area (Å²) in [6.45, 7) is 2.23. The number of thiophene rings is 1. The molecule has 0 aromatic carbocycles. The third kappa shape index (κ3) is 4.18. The molecule has 1 fully saturated rings. The van der Waals surface area contributed by atoms with Crippen LogP contribution in [0.1, 0.15) is 23.8 Å². The van der Waals surface area contributed by atoms with Crippen LogP contribution in [0.25, 0.3) is 0 Å². The first-order valence-electron chi connectivity index (χ1n) is 7.08. The molecule has 1 aromatic heterocycles. The second kappa shape index (κ2) is 7.42. The first-order chi connectivity index (χ1) is 10.1. The molecule has 116 valence electrons. The predicted molar refractivity (Wildman–Crippen MR) is 81.5 cm³/mol. The van der Waals surface area contributed by atoms with Crippen molar-refractivity contribution in [2.24, 2.45) is 5.92 Å². The van der Waals surface area contributed by atoms with Crippen LogP contribution in [0.3, 0.4) is 0 Å². The van der Waals surface area contributed by atoms with E-state index in [1.54, 1.807) is 22.4 Å². The summed E-state index contributed by atoms with van der Waals surface area (Å²) in [5.74, 6) is -0.603. The van der Waals surface area contributed by atoms with Gasteiger partial charge >= 0.3 is 12.0 Å². The Morgan fingerprint density at radius 3 is 3.00 bits per heavy atom. The van der Waals surface area contributed by atoms with Crippen molar-refractivity contribution in [3.05, 3.63) is 22.4 Å². The maximum absolute atomic E-state index is 12.3. The Morgan fingerprint density at radius 1 is 1.57 bits per heavy atom. The number of amides is 2. The molecule has 2 heterocycles. The molecule has 1 saturated heterocycles. The highest BCUT2D eigenvalue weighted by atomic mass is 32.1. The molecule has 2 unspecified atom stereocenters. The Labute approximate surface area is 128 Å². The van der Waals surface area contributed by atoms with E-state index in [0.717, 1.165) is 19.4 Å². The van der Waals surface area contributed by atoms with E-state index in [2.05, 4.69) is 10.6 Å². The molecule has 2 amide bonds. The SMILES string of the molecule is CNCC1CCCN(C(=O)NC(C(=O)O)c2cccs2)C1. The van der Waals surface area contributed by atoms with Crippen LogP contribution >= 0.6 is 11.3 Å². The summed E-state index contributed by atoms with van der Waals surface area (Å²) in [6.07, 6.45) is 2.05. The smallest absolute Gasteiger partial charge is 0.331 e. The maximum Gasteiger partial charge on any atom is 0.331 e. The van der Waals surface area contributed by atoms with Gasteiger partial charge < -0.3 is 20.6 Å². The van der Waals surface area contributed by atoms with Crippen molar-refractivity contribution in [1.29, 1.82) is 0 Å². The van der Waals surface area contributed by atoms with Crippen LogP contribution in [0, 0.1) is 5.92 Å². The van der Waals surface area contributed by atoms with Gasteiger partial charge in [-0.05, 0) is 43.8 Å². The Morgan fingerprint density at radius 2 is 2.38 bits per heavy atom. The van der Waals surface area contributed by atoms with E-state index >= 15 is 0 Å². The standard InChI is InChI=1S/C14H21N3O3S/c1-15-8-10-4-2-6-17(9-10)14(20)16-12(13(18)19)11-5-3-7-21-11/h3,5,7,10,12,15H,2,4,6,8-9H2,1H3,(H,16,20)(H,18,19). The van der Waals surface area contributed by atoms with Gasteiger partial charge in [-0.15, -0.1) is 11.3 Å². The highest BCUT2D eigenvalue weighted by molar-refractivity contribution is 7.10. The average molecular weight is 311 g/mol. The number of urea groups is 1. The van der Waals surface area contributed by atoms with Crippen LogP contribution in [-0.2, 0) is 4.79 Å². The summed E-state index contributed by atoms with van der Waals surface area (Å²) in [7, 11) is 1.90. The van der Waals surface area contributed by atoms with Gasteiger partial charge in [0.2, 0.25) is 0 Å². The molecule has 6 nitrogen and oxygen atoms in total. The van der Waals surface area contributed by atoms with Crippen molar-refractivity contribution in [2.45, 2.75) is 18.9 Å². The number of carbonyl (C=O) groups excluding carboxylic acids is 1. The number of carbonyl (C=O) groups is 2. The molecule has 7 heteroatoms. The first-order valence-corrected chi connectivity index (χ1v) is 7.96. The second-order valence-corrected chi connectivity index (χ2v) is 6.23. The highest BCUT2D eigenvalue weighted by Gasteiger charge is 2.28. The maximum atomic E-state index is 12.3. The minimum atomic E-state index is -1.03. The van der Waals surface area contributed by atoms with Crippen LogP contribution < -0.4 is 10.6 Å². The first kappa shape index (κ1) is 15.8. The molecule has 0 bridgehead atoms. The van der Waals surface area contributed by atoms with Gasteiger partial charge in [0, 0.05) is 18.0 Å². The Kier molecular flexibility index (Phi) is 5.58. The van der Waals surface area contributed by atoms with Gasteiger partial charge in [-0.2, -0.15) is 0 Å². The normalized spacial score (nSPS) is 20.0. The van der Waals surface area contributed by atoms with E-state index in [1.807, 2.05) is 7.05 Å². The summed E-state index contributed by atoms with van der Waals surface area (Å²) in [6, 6.07) is 2.24. The van der Waals surface area contributed by atoms with Crippen molar-refractivity contribution in [3.8, 4) is 0 Å². The Bertz CT molecular complexity index is 476. The van der Waals surface area contributed by atoms with Gasteiger partial charge in [-0.1, -0.05) is 6.07 Å². The van der Waals surface area contributed by atoms with Crippen molar-refractivity contribution < 1.29 is 14.7 Å². The number of piperidine rings is 1. The Hall–Kier alpha value is -1.60. The summed E-state index contributed by atoms with van der Waals surface area (Å²) >= 11 is 1.33. The van der Waals surface area contributed by atoms with Gasteiger partial charge in [0.25, 0.3) is 0 Å². The number of carboxylic acid groups (broad SMARTS) is 1. The molecular formula is C14H21N3O3S. The lowest BCUT2D eigenvalue weighted by Crippen LogP contribution is -2.48. The Balaban J connectivity index is 1.97. The van der Waals surface area contributed by atoms with Gasteiger partial charge in [0.05, 0.1) is 0 Å². The second-order valence-electron chi connectivity index (χ2n) is 5.25. The summed E-state index contributed by atoms with van der Waals surface area (Å²) in [4.78, 5) is 26.0. The topological polar surface area (TPSA) is 81.7 Å². The molecule has 0 spiro atoms. The third-order valence-electron chi connectivity index (χ3n) is 3.64. The molecule has 0 radical (unpaired) electrons. The molecule has 0 aliphatic carbocycles. The largest absolute Gasteiger partial charge is 0.479 e. The fraction of sp³-hybridized carbons (Fsp3) is 0.571. The van der Waals surface area contributed by atoms with Crippen LogP contribution in [0.5, 0.6) is 0 Å². The number of hydrogen-bond donors (Lipinski definition) is 3. The average Bonchev–Trinajstić information content (AvgIpc) is 2.98. The number of rotatable bonds is 5. The highest BCUT2D eigenvalue weighted by Crippen LogP contribution is 2.21. The fourth-order valence-electron chi connectivity index (χ4n) is 2.63. The zero-order valence-corrected chi connectivity index (χ0v) is 12.9.